The second-order valence-electron chi connectivity index (χ2n) is 12.4. The highest BCUT2D eigenvalue weighted by atomic mass is 35.5. The molecule has 2 N–H and O–H groups in total. The lowest BCUT2D eigenvalue weighted by atomic mass is 9.68. The first-order valence-electron chi connectivity index (χ1n) is 15.4. The van der Waals surface area contributed by atoms with Crippen molar-refractivity contribution in [2.45, 2.75) is 54.9 Å². The van der Waals surface area contributed by atoms with Crippen LogP contribution in [0, 0.1) is 29.6 Å². The number of benzene rings is 2. The summed E-state index contributed by atoms with van der Waals surface area (Å²) in [6.07, 6.45) is 2.66. The largest absolute Gasteiger partial charge is 0.493 e. The first kappa shape index (κ1) is 31.6. The van der Waals surface area contributed by atoms with Crippen LogP contribution < -0.4 is 14.3 Å². The zero-order chi connectivity index (χ0) is 32.3. The molecule has 2 aliphatic carbocycles. The lowest BCUT2D eigenvalue weighted by Gasteiger charge is -2.43. The predicted octanol–water partition coefficient (Wildman–Crippen LogP) is 6.45. The van der Waals surface area contributed by atoms with Crippen LogP contribution in [0.4, 0.5) is 0 Å². The number of carbonyl (C=O) groups excluding carboxylic acids is 2. The number of methoxy groups -OCH3 is 1. The molecular weight excluding hydrogens is 671 g/mol. The average molecular weight is 704 g/mol. The number of hydrogen-bond donors (Lipinski definition) is 2. The molecule has 2 bridgehead atoms. The summed E-state index contributed by atoms with van der Waals surface area (Å²) in [5.74, 6) is -0.704. The summed E-state index contributed by atoms with van der Waals surface area (Å²) in [4.78, 5) is 56.3. The lowest BCUT2D eigenvalue weighted by molar-refractivity contribution is -0.141. The van der Waals surface area contributed by atoms with E-state index >= 15 is 0 Å². The number of aromatic amines is 1. The second-order valence-corrected chi connectivity index (χ2v) is 15.5. The molecular formula is C33H32Cl2N2O7S2. The number of aliphatic carboxylic acids is 1. The number of likely N-dealkylation sites (tertiary alicyclic amines) is 1. The molecule has 3 heterocycles. The highest BCUT2D eigenvalue weighted by Crippen LogP contribution is 2.68. The van der Waals surface area contributed by atoms with Gasteiger partial charge in [-0.25, -0.2) is 0 Å². The quantitative estimate of drug-likeness (QED) is 0.173. The Morgan fingerprint density at radius 1 is 1.02 bits per heavy atom. The second kappa shape index (κ2) is 12.6. The summed E-state index contributed by atoms with van der Waals surface area (Å²) in [6.45, 7) is 0.551. The van der Waals surface area contributed by atoms with Gasteiger partial charge in [0.25, 0.3) is 0 Å². The van der Waals surface area contributed by atoms with Crippen molar-refractivity contribution in [3.05, 3.63) is 72.1 Å². The number of carboxylic acids is 1. The summed E-state index contributed by atoms with van der Waals surface area (Å²) in [7, 11) is 1.59. The highest BCUT2D eigenvalue weighted by Gasteiger charge is 2.69. The number of halogens is 2. The molecule has 13 heteroatoms. The molecule has 0 spiro atoms. The highest BCUT2D eigenvalue weighted by molar-refractivity contribution is 8.00. The Bertz CT molecular complexity index is 1780. The van der Waals surface area contributed by atoms with Gasteiger partial charge in [0.2, 0.25) is 11.8 Å². The van der Waals surface area contributed by atoms with Crippen molar-refractivity contribution in [2.24, 2.45) is 29.6 Å². The molecule has 0 radical (unpaired) electrons. The van der Waals surface area contributed by atoms with Crippen LogP contribution >= 0.6 is 46.3 Å². The van der Waals surface area contributed by atoms with Crippen molar-refractivity contribution in [2.75, 3.05) is 13.7 Å². The number of imide groups is 1. The Balaban J connectivity index is 1.16. The van der Waals surface area contributed by atoms with Crippen molar-refractivity contribution in [3.8, 4) is 11.5 Å². The number of carbonyl (C=O) groups is 3. The first-order chi connectivity index (χ1) is 22.2. The van der Waals surface area contributed by atoms with E-state index in [4.69, 9.17) is 37.8 Å². The number of amides is 2. The van der Waals surface area contributed by atoms with E-state index in [-0.39, 0.29) is 70.5 Å². The maximum atomic E-state index is 13.8. The number of H-pyrrole nitrogens is 1. The van der Waals surface area contributed by atoms with Crippen LogP contribution in [-0.4, -0.2) is 51.7 Å². The van der Waals surface area contributed by atoms with Gasteiger partial charge in [-0.15, -0.1) is 11.8 Å². The molecule has 7 atom stereocenters. The van der Waals surface area contributed by atoms with Gasteiger partial charge in [-0.3, -0.25) is 24.1 Å². The molecule has 3 fully saturated rings. The Morgan fingerprint density at radius 2 is 1.80 bits per heavy atom. The van der Waals surface area contributed by atoms with Gasteiger partial charge in [0.15, 0.2) is 11.5 Å². The minimum absolute atomic E-state index is 0.00489. The van der Waals surface area contributed by atoms with E-state index < -0.39 is 5.97 Å². The van der Waals surface area contributed by atoms with E-state index in [0.29, 0.717) is 47.4 Å². The van der Waals surface area contributed by atoms with E-state index in [9.17, 15) is 19.2 Å². The van der Waals surface area contributed by atoms with Gasteiger partial charge in [-0.1, -0.05) is 53.1 Å². The van der Waals surface area contributed by atoms with Crippen LogP contribution in [0.5, 0.6) is 11.5 Å². The lowest BCUT2D eigenvalue weighted by Crippen LogP contribution is -2.42. The van der Waals surface area contributed by atoms with E-state index in [1.165, 1.54) is 16.2 Å². The van der Waals surface area contributed by atoms with E-state index in [1.54, 1.807) is 31.0 Å². The van der Waals surface area contributed by atoms with Crippen molar-refractivity contribution in [1.29, 1.82) is 0 Å². The van der Waals surface area contributed by atoms with Crippen LogP contribution in [-0.2, 0) is 21.0 Å². The number of fused-ring (bicyclic) bond motifs is 9. The summed E-state index contributed by atoms with van der Waals surface area (Å²) in [5, 5.41) is 10.9. The zero-order valence-electron chi connectivity index (χ0n) is 24.9. The van der Waals surface area contributed by atoms with Crippen LogP contribution in [0.1, 0.15) is 54.0 Å². The van der Waals surface area contributed by atoms with Gasteiger partial charge >= 0.3 is 10.8 Å². The molecule has 7 rings (SSSR count). The number of aromatic nitrogens is 1. The SMILES string of the molecule is COc1cc([C@H]2c3sc(=O)[nH]c3SC3C4CC(C5C(=O)N(CCCCCC(=O)O)C(=O)C45)C32)ccc1OCc1ccc(Cl)cc1Cl. The van der Waals surface area contributed by atoms with Crippen LogP contribution in [0.15, 0.2) is 46.2 Å². The van der Waals surface area contributed by atoms with Gasteiger partial charge in [0, 0.05) is 44.6 Å². The maximum Gasteiger partial charge on any atom is 0.305 e. The standard InChI is InChI=1S/C33H32Cl2N2O7S2/c1-43-22-11-15(7-9-21(22)44-14-16-6-8-17(34)12-20(16)35)24-25-18-13-19(28(25)45-30-29(24)46-33(42)36-30)27-26(18)31(40)37(32(27)41)10-4-2-3-5-23(38)39/h6-9,11-12,18-19,24-28H,2-5,10,13-14H2,1H3,(H,36,42)(H,38,39)/t18?,19?,24-,25?,26?,27?,28?/m1/s1. The van der Waals surface area contributed by atoms with Crippen molar-refractivity contribution >= 4 is 64.1 Å². The predicted molar refractivity (Wildman–Crippen MR) is 175 cm³/mol. The fourth-order valence-corrected chi connectivity index (χ4v) is 11.5. The molecule has 3 aromatic rings. The topological polar surface area (TPSA) is 126 Å². The normalized spacial score (nSPS) is 27.5. The molecule has 1 saturated heterocycles. The summed E-state index contributed by atoms with van der Waals surface area (Å²) in [5.41, 5.74) is 1.75. The average Bonchev–Trinajstić information content (AvgIpc) is 3.76. The molecule has 6 unspecified atom stereocenters. The van der Waals surface area contributed by atoms with Gasteiger partial charge in [0.1, 0.15) is 6.61 Å². The smallest absolute Gasteiger partial charge is 0.305 e. The monoisotopic (exact) mass is 702 g/mol. The third-order valence-electron chi connectivity index (χ3n) is 10.0. The number of hydrogen-bond acceptors (Lipinski definition) is 8. The Hall–Kier alpha value is -2.99. The molecule has 1 aromatic heterocycles. The van der Waals surface area contributed by atoms with Crippen LogP contribution in [0.3, 0.4) is 0 Å². The van der Waals surface area contributed by atoms with Gasteiger partial charge in [0.05, 0.1) is 24.0 Å². The number of rotatable bonds is 11. The minimum atomic E-state index is -0.841. The third-order valence-corrected chi connectivity index (χ3v) is 13.2. The minimum Gasteiger partial charge on any atom is -0.493 e. The van der Waals surface area contributed by atoms with Crippen molar-refractivity contribution < 1.29 is 29.0 Å². The Labute approximate surface area is 283 Å². The molecule has 4 aliphatic rings. The fraction of sp³-hybridized carbons (Fsp3) is 0.455. The number of thiazole rings is 1. The van der Waals surface area contributed by atoms with Crippen molar-refractivity contribution in [1.82, 2.24) is 9.88 Å². The van der Waals surface area contributed by atoms with E-state index in [0.717, 1.165) is 27.5 Å². The molecule has 242 valence electrons. The summed E-state index contributed by atoms with van der Waals surface area (Å²) >= 11 is 15.3. The molecule has 2 aromatic carbocycles. The number of ether oxygens (including phenoxy) is 2. The van der Waals surface area contributed by atoms with Gasteiger partial charge in [-0.05, 0) is 66.8 Å². The molecule has 46 heavy (non-hydrogen) atoms. The van der Waals surface area contributed by atoms with Crippen LogP contribution in [0.2, 0.25) is 10.0 Å². The van der Waals surface area contributed by atoms with E-state index in [1.807, 2.05) is 24.3 Å². The number of nitrogens with one attached hydrogen (secondary N) is 1. The summed E-state index contributed by atoms with van der Waals surface area (Å²) in [6, 6.07) is 11.1. The van der Waals surface area contributed by atoms with Crippen molar-refractivity contribution in [3.63, 3.8) is 0 Å². The third kappa shape index (κ3) is 5.42. The van der Waals surface area contributed by atoms with E-state index in [2.05, 4.69) is 4.98 Å². The Kier molecular flexibility index (Phi) is 8.63. The first-order valence-corrected chi connectivity index (χ1v) is 17.8. The molecule has 2 saturated carbocycles. The number of nitrogens with zero attached hydrogens (tertiary/aromatic N) is 1. The summed E-state index contributed by atoms with van der Waals surface area (Å²) < 4.78 is 11.9. The number of unbranched alkanes of at least 4 members (excludes halogenated alkanes) is 2. The van der Waals surface area contributed by atoms with Gasteiger partial charge in [-0.2, -0.15) is 0 Å². The number of carboxylic acid groups (broad SMARTS) is 1. The number of thioether (sulfide) groups is 1. The van der Waals surface area contributed by atoms with Crippen LogP contribution in [0.25, 0.3) is 0 Å². The van der Waals surface area contributed by atoms with Gasteiger partial charge < -0.3 is 19.6 Å². The molecule has 2 amide bonds. The maximum absolute atomic E-state index is 13.8. The fourth-order valence-electron chi connectivity index (χ4n) is 8.19. The Morgan fingerprint density at radius 3 is 2.54 bits per heavy atom. The molecule has 2 aliphatic heterocycles. The molecule has 9 nitrogen and oxygen atoms in total. The zero-order valence-corrected chi connectivity index (χ0v) is 28.0.